The van der Waals surface area contributed by atoms with Gasteiger partial charge in [-0.2, -0.15) is 0 Å². The summed E-state index contributed by atoms with van der Waals surface area (Å²) in [5.41, 5.74) is 1.51. The maximum atomic E-state index is 13.0. The van der Waals surface area contributed by atoms with Crippen LogP contribution in [0.2, 0.25) is 10.0 Å². The third-order valence-electron chi connectivity index (χ3n) is 5.13. The maximum Gasteiger partial charge on any atom is 0.293 e. The quantitative estimate of drug-likeness (QED) is 0.273. The molecule has 1 fully saturated rings. The number of carbonyl (C=O) groups is 2. The fourth-order valence-electron chi connectivity index (χ4n) is 3.31. The van der Waals surface area contributed by atoms with E-state index in [0.29, 0.717) is 32.9 Å². The Hall–Kier alpha value is -3.20. The van der Waals surface area contributed by atoms with Crippen LogP contribution in [0.25, 0.3) is 6.08 Å². The van der Waals surface area contributed by atoms with Crippen molar-refractivity contribution in [1.29, 1.82) is 0 Å². The highest BCUT2D eigenvalue weighted by molar-refractivity contribution is 8.18. The minimum atomic E-state index is -0.411. The van der Waals surface area contributed by atoms with Gasteiger partial charge in [0.25, 0.3) is 11.1 Å². The molecule has 0 radical (unpaired) electrons. The van der Waals surface area contributed by atoms with Gasteiger partial charge in [0.05, 0.1) is 28.6 Å². The third-order valence-corrected chi connectivity index (χ3v) is 6.78. The van der Waals surface area contributed by atoms with Crippen molar-refractivity contribution in [2.45, 2.75) is 6.61 Å². The molecule has 0 bridgehead atoms. The van der Waals surface area contributed by atoms with Crippen molar-refractivity contribution in [3.8, 4) is 17.2 Å². The number of carbonyl (C=O) groups excluding carboxylic acids is 2. The highest BCUT2D eigenvalue weighted by Gasteiger charge is 2.34. The Morgan fingerprint density at radius 2 is 1.72 bits per heavy atom. The molecule has 0 unspecified atom stereocenters. The summed E-state index contributed by atoms with van der Waals surface area (Å²) in [6.07, 6.45) is 1.62. The first kappa shape index (κ1) is 25.9. The Labute approximate surface area is 221 Å². The highest BCUT2D eigenvalue weighted by Crippen LogP contribution is 2.35. The summed E-state index contributed by atoms with van der Waals surface area (Å²) < 4.78 is 29.8. The Morgan fingerprint density at radius 3 is 2.44 bits per heavy atom. The number of methoxy groups -OCH3 is 1. The molecular formula is C26H20Cl2FNO5S. The number of imide groups is 1. The molecule has 0 aliphatic carbocycles. The van der Waals surface area contributed by atoms with Gasteiger partial charge in [-0.05, 0) is 77.5 Å². The van der Waals surface area contributed by atoms with Crippen LogP contribution in [0.3, 0.4) is 0 Å². The van der Waals surface area contributed by atoms with E-state index in [1.54, 1.807) is 36.4 Å². The van der Waals surface area contributed by atoms with Crippen LogP contribution in [-0.4, -0.2) is 36.3 Å². The van der Waals surface area contributed by atoms with Crippen molar-refractivity contribution >= 4 is 52.2 Å². The zero-order valence-corrected chi connectivity index (χ0v) is 21.3. The molecule has 1 heterocycles. The van der Waals surface area contributed by atoms with Crippen molar-refractivity contribution in [3.63, 3.8) is 0 Å². The molecule has 1 aliphatic rings. The van der Waals surface area contributed by atoms with Gasteiger partial charge < -0.3 is 14.2 Å². The molecule has 0 N–H and O–H groups in total. The second-order valence-electron chi connectivity index (χ2n) is 7.58. The number of halogens is 3. The molecule has 3 aromatic carbocycles. The van der Waals surface area contributed by atoms with E-state index in [2.05, 4.69) is 0 Å². The van der Waals surface area contributed by atoms with Crippen LogP contribution in [-0.2, 0) is 11.4 Å². The molecule has 2 amide bonds. The number of nitrogens with zero attached hydrogens (tertiary/aromatic N) is 1. The van der Waals surface area contributed by atoms with E-state index in [0.717, 1.165) is 22.2 Å². The van der Waals surface area contributed by atoms with Crippen LogP contribution >= 0.6 is 35.0 Å². The molecule has 1 aliphatic heterocycles. The van der Waals surface area contributed by atoms with Crippen LogP contribution in [0, 0.1) is 5.82 Å². The van der Waals surface area contributed by atoms with Gasteiger partial charge in [-0.25, -0.2) is 4.39 Å². The first-order chi connectivity index (χ1) is 17.3. The lowest BCUT2D eigenvalue weighted by atomic mass is 10.1. The zero-order chi connectivity index (χ0) is 25.7. The summed E-state index contributed by atoms with van der Waals surface area (Å²) in [6.45, 7) is 0.422. The minimum absolute atomic E-state index is 0.0736. The topological polar surface area (TPSA) is 65.1 Å². The summed E-state index contributed by atoms with van der Waals surface area (Å²) in [4.78, 5) is 26.6. The van der Waals surface area contributed by atoms with Crippen LogP contribution in [0.4, 0.5) is 9.18 Å². The van der Waals surface area contributed by atoms with Gasteiger partial charge in [0.2, 0.25) is 0 Å². The normalized spacial score (nSPS) is 14.4. The van der Waals surface area contributed by atoms with Gasteiger partial charge in [0.1, 0.15) is 24.8 Å². The number of thioether (sulfide) groups is 1. The van der Waals surface area contributed by atoms with E-state index in [-0.39, 0.29) is 35.7 Å². The first-order valence-corrected chi connectivity index (χ1v) is 12.3. The van der Waals surface area contributed by atoms with Gasteiger partial charge in [-0.15, -0.1) is 0 Å². The number of amides is 2. The lowest BCUT2D eigenvalue weighted by Crippen LogP contribution is -2.32. The number of benzene rings is 3. The third kappa shape index (κ3) is 6.32. The van der Waals surface area contributed by atoms with Crippen LogP contribution < -0.4 is 14.2 Å². The molecule has 186 valence electrons. The van der Waals surface area contributed by atoms with Gasteiger partial charge >= 0.3 is 0 Å². The number of hydrogen-bond donors (Lipinski definition) is 0. The average Bonchev–Trinajstić information content (AvgIpc) is 3.13. The smallest absolute Gasteiger partial charge is 0.293 e. The average molecular weight is 548 g/mol. The van der Waals surface area contributed by atoms with E-state index >= 15 is 0 Å². The van der Waals surface area contributed by atoms with Crippen molar-refractivity contribution in [3.05, 3.63) is 92.6 Å². The Bertz CT molecular complexity index is 1320. The van der Waals surface area contributed by atoms with Crippen LogP contribution in [0.15, 0.2) is 65.6 Å². The minimum Gasteiger partial charge on any atom is -0.493 e. The molecule has 6 nitrogen and oxygen atoms in total. The Kier molecular flexibility index (Phi) is 8.40. The molecule has 0 aromatic heterocycles. The van der Waals surface area contributed by atoms with Crippen molar-refractivity contribution in [2.24, 2.45) is 0 Å². The summed E-state index contributed by atoms with van der Waals surface area (Å²) in [7, 11) is 1.51. The molecular weight excluding hydrogens is 528 g/mol. The Morgan fingerprint density at radius 1 is 0.944 bits per heavy atom. The van der Waals surface area contributed by atoms with Crippen LogP contribution in [0.1, 0.15) is 11.1 Å². The summed E-state index contributed by atoms with van der Waals surface area (Å²) in [5.74, 6) is 0.641. The van der Waals surface area contributed by atoms with E-state index in [9.17, 15) is 14.0 Å². The largest absolute Gasteiger partial charge is 0.493 e. The van der Waals surface area contributed by atoms with Gasteiger partial charge in [0, 0.05) is 0 Å². The van der Waals surface area contributed by atoms with Crippen molar-refractivity contribution < 1.29 is 28.2 Å². The fourth-order valence-corrected chi connectivity index (χ4v) is 4.50. The predicted molar refractivity (Wildman–Crippen MR) is 138 cm³/mol. The second kappa shape index (κ2) is 11.7. The molecule has 0 spiro atoms. The molecule has 3 aromatic rings. The SMILES string of the molecule is COc1cc(/C=C2\SC(=O)N(CCOc3ccc(F)cc3)C2=O)ccc1OCc1ccc(Cl)c(Cl)c1. The summed E-state index contributed by atoms with van der Waals surface area (Å²) in [6, 6.07) is 16.0. The van der Waals surface area contributed by atoms with E-state index in [1.807, 2.05) is 6.07 Å². The van der Waals surface area contributed by atoms with E-state index in [1.165, 1.54) is 31.4 Å². The predicted octanol–water partition coefficient (Wildman–Crippen LogP) is 6.84. The lowest BCUT2D eigenvalue weighted by molar-refractivity contribution is -0.123. The molecule has 1 saturated heterocycles. The monoisotopic (exact) mass is 547 g/mol. The van der Waals surface area contributed by atoms with Crippen LogP contribution in [0.5, 0.6) is 17.2 Å². The first-order valence-electron chi connectivity index (χ1n) is 10.7. The summed E-state index contributed by atoms with van der Waals surface area (Å²) >= 11 is 12.9. The number of ether oxygens (including phenoxy) is 3. The maximum absolute atomic E-state index is 13.0. The molecule has 10 heteroatoms. The van der Waals surface area contributed by atoms with Gasteiger partial charge in [-0.1, -0.05) is 35.3 Å². The van der Waals surface area contributed by atoms with Gasteiger partial charge in [0.15, 0.2) is 11.5 Å². The molecule has 0 atom stereocenters. The van der Waals surface area contributed by atoms with E-state index < -0.39 is 5.91 Å². The standard InChI is InChI=1S/C26H20Cl2FNO5S/c1-33-23-13-16(3-9-22(23)35-15-17-2-8-20(27)21(28)12-17)14-24-25(31)30(26(32)36-24)10-11-34-19-6-4-18(29)5-7-19/h2-9,12-14H,10-11,15H2,1H3/b24-14-. The van der Waals surface area contributed by atoms with Gasteiger partial charge in [-0.3, -0.25) is 14.5 Å². The molecule has 0 saturated carbocycles. The second-order valence-corrected chi connectivity index (χ2v) is 9.39. The molecule has 36 heavy (non-hydrogen) atoms. The Balaban J connectivity index is 1.39. The van der Waals surface area contributed by atoms with Crippen molar-refractivity contribution in [2.75, 3.05) is 20.3 Å². The lowest BCUT2D eigenvalue weighted by Gasteiger charge is -2.13. The van der Waals surface area contributed by atoms with Crippen molar-refractivity contribution in [1.82, 2.24) is 4.90 Å². The van der Waals surface area contributed by atoms with E-state index in [4.69, 9.17) is 37.4 Å². The fraction of sp³-hybridized carbons (Fsp3) is 0.154. The number of rotatable bonds is 9. The summed E-state index contributed by atoms with van der Waals surface area (Å²) in [5, 5.41) is 0.519. The number of hydrogen-bond acceptors (Lipinski definition) is 6. The zero-order valence-electron chi connectivity index (χ0n) is 19.0. The molecule has 4 rings (SSSR count). The highest BCUT2D eigenvalue weighted by atomic mass is 35.5.